The molecule has 0 radical (unpaired) electrons. The fourth-order valence-electron chi connectivity index (χ4n) is 2.90. The van der Waals surface area contributed by atoms with Crippen molar-refractivity contribution in [3.63, 3.8) is 0 Å². The lowest BCUT2D eigenvalue weighted by atomic mass is 10.2. The Balaban J connectivity index is 1.74. The molecule has 1 saturated heterocycles. The summed E-state index contributed by atoms with van der Waals surface area (Å²) in [6.07, 6.45) is 4.00. The van der Waals surface area contributed by atoms with Crippen molar-refractivity contribution >= 4 is 23.2 Å². The standard InChI is InChI=1S/C15H19ClN6/c1-11-18-13(16)9-15(19-11)21(2)10-12-5-4-8-22(12)14-6-3-7-17-20-14/h3,6-7,9,12H,4-5,8,10H2,1-2H3. The summed E-state index contributed by atoms with van der Waals surface area (Å²) in [7, 11) is 2.03. The Bertz CT molecular complexity index is 615. The number of aromatic nitrogens is 4. The van der Waals surface area contributed by atoms with Gasteiger partial charge in [0, 0.05) is 38.4 Å². The summed E-state index contributed by atoms with van der Waals surface area (Å²) in [4.78, 5) is 13.0. The lowest BCUT2D eigenvalue weighted by molar-refractivity contribution is 0.642. The maximum absolute atomic E-state index is 6.03. The van der Waals surface area contributed by atoms with E-state index in [1.165, 1.54) is 6.42 Å². The van der Waals surface area contributed by atoms with Gasteiger partial charge in [-0.2, -0.15) is 5.10 Å². The molecule has 1 atom stereocenters. The van der Waals surface area contributed by atoms with E-state index >= 15 is 0 Å². The Hall–Kier alpha value is -1.95. The first kappa shape index (κ1) is 15.0. The first-order valence-electron chi connectivity index (χ1n) is 7.40. The summed E-state index contributed by atoms with van der Waals surface area (Å²) in [5, 5.41) is 8.69. The molecule has 0 aromatic carbocycles. The van der Waals surface area contributed by atoms with Gasteiger partial charge in [-0.25, -0.2) is 9.97 Å². The quantitative estimate of drug-likeness (QED) is 0.806. The summed E-state index contributed by atoms with van der Waals surface area (Å²) >= 11 is 6.03. The average Bonchev–Trinajstić information content (AvgIpc) is 2.95. The van der Waals surface area contributed by atoms with Crippen molar-refractivity contribution in [2.24, 2.45) is 0 Å². The van der Waals surface area contributed by atoms with Crippen LogP contribution in [-0.4, -0.2) is 46.3 Å². The Kier molecular flexibility index (Phi) is 4.38. The zero-order valence-electron chi connectivity index (χ0n) is 12.8. The van der Waals surface area contributed by atoms with Gasteiger partial charge in [0.1, 0.15) is 16.8 Å². The molecule has 22 heavy (non-hydrogen) atoms. The Morgan fingerprint density at radius 1 is 1.41 bits per heavy atom. The second-order valence-electron chi connectivity index (χ2n) is 5.55. The van der Waals surface area contributed by atoms with Gasteiger partial charge in [-0.15, -0.1) is 5.10 Å². The van der Waals surface area contributed by atoms with Crippen LogP contribution in [0.3, 0.4) is 0 Å². The Morgan fingerprint density at radius 3 is 3.00 bits per heavy atom. The molecule has 0 amide bonds. The molecule has 0 saturated carbocycles. The molecular weight excluding hydrogens is 300 g/mol. The molecule has 1 aliphatic heterocycles. The van der Waals surface area contributed by atoms with Crippen LogP contribution in [0.2, 0.25) is 5.15 Å². The molecule has 2 aromatic rings. The molecule has 2 aromatic heterocycles. The van der Waals surface area contributed by atoms with Gasteiger partial charge in [-0.3, -0.25) is 0 Å². The monoisotopic (exact) mass is 318 g/mol. The van der Waals surface area contributed by atoms with Crippen LogP contribution in [-0.2, 0) is 0 Å². The first-order valence-corrected chi connectivity index (χ1v) is 7.78. The number of likely N-dealkylation sites (N-methyl/N-ethyl adjacent to an activating group) is 1. The maximum Gasteiger partial charge on any atom is 0.151 e. The van der Waals surface area contributed by atoms with E-state index in [1.54, 1.807) is 12.3 Å². The predicted molar refractivity (Wildman–Crippen MR) is 87.4 cm³/mol. The number of nitrogens with zero attached hydrogens (tertiary/aromatic N) is 6. The van der Waals surface area contributed by atoms with Gasteiger partial charge >= 0.3 is 0 Å². The number of hydrogen-bond acceptors (Lipinski definition) is 6. The molecule has 3 heterocycles. The maximum atomic E-state index is 6.03. The normalized spacial score (nSPS) is 17.8. The number of hydrogen-bond donors (Lipinski definition) is 0. The molecule has 116 valence electrons. The number of halogens is 1. The van der Waals surface area contributed by atoms with E-state index in [2.05, 4.69) is 30.0 Å². The van der Waals surface area contributed by atoms with Crippen molar-refractivity contribution in [1.82, 2.24) is 20.2 Å². The molecule has 3 rings (SSSR count). The third-order valence-corrected chi connectivity index (χ3v) is 4.09. The minimum atomic E-state index is 0.399. The average molecular weight is 319 g/mol. The highest BCUT2D eigenvalue weighted by atomic mass is 35.5. The highest BCUT2D eigenvalue weighted by molar-refractivity contribution is 6.29. The van der Waals surface area contributed by atoms with Crippen molar-refractivity contribution in [2.45, 2.75) is 25.8 Å². The summed E-state index contributed by atoms with van der Waals surface area (Å²) in [5.74, 6) is 2.48. The highest BCUT2D eigenvalue weighted by Crippen LogP contribution is 2.25. The van der Waals surface area contributed by atoms with Crippen LogP contribution in [0.15, 0.2) is 24.4 Å². The molecule has 0 spiro atoms. The van der Waals surface area contributed by atoms with Gasteiger partial charge < -0.3 is 9.80 Å². The smallest absolute Gasteiger partial charge is 0.151 e. The third kappa shape index (κ3) is 3.27. The van der Waals surface area contributed by atoms with E-state index in [0.717, 1.165) is 31.1 Å². The first-order chi connectivity index (χ1) is 10.6. The fraction of sp³-hybridized carbons (Fsp3) is 0.467. The summed E-state index contributed by atoms with van der Waals surface area (Å²) in [5.41, 5.74) is 0. The van der Waals surface area contributed by atoms with Crippen LogP contribution >= 0.6 is 11.6 Å². The van der Waals surface area contributed by atoms with Crippen LogP contribution in [0.4, 0.5) is 11.6 Å². The van der Waals surface area contributed by atoms with Gasteiger partial charge in [0.05, 0.1) is 0 Å². The molecule has 0 aliphatic carbocycles. The summed E-state index contributed by atoms with van der Waals surface area (Å²) < 4.78 is 0. The van der Waals surface area contributed by atoms with E-state index in [0.29, 0.717) is 17.0 Å². The van der Waals surface area contributed by atoms with Crippen LogP contribution in [0, 0.1) is 6.92 Å². The van der Waals surface area contributed by atoms with Gasteiger partial charge in [-0.05, 0) is 31.9 Å². The molecular formula is C15H19ClN6. The van der Waals surface area contributed by atoms with Crippen LogP contribution in [0.1, 0.15) is 18.7 Å². The molecule has 0 bridgehead atoms. The second kappa shape index (κ2) is 6.44. The van der Waals surface area contributed by atoms with Crippen molar-refractivity contribution in [3.8, 4) is 0 Å². The van der Waals surface area contributed by atoms with E-state index in [1.807, 2.05) is 26.1 Å². The SMILES string of the molecule is Cc1nc(Cl)cc(N(C)CC2CCCN2c2cccnn2)n1. The topological polar surface area (TPSA) is 58.0 Å². The number of rotatable bonds is 4. The lowest BCUT2D eigenvalue weighted by Gasteiger charge is -2.29. The Morgan fingerprint density at radius 2 is 2.27 bits per heavy atom. The van der Waals surface area contributed by atoms with Crippen molar-refractivity contribution in [2.75, 3.05) is 29.9 Å². The number of aryl methyl sites for hydroxylation is 1. The number of anilines is 2. The van der Waals surface area contributed by atoms with Gasteiger partial charge in [0.25, 0.3) is 0 Å². The van der Waals surface area contributed by atoms with E-state index in [-0.39, 0.29) is 0 Å². The van der Waals surface area contributed by atoms with Crippen molar-refractivity contribution in [3.05, 3.63) is 35.4 Å². The van der Waals surface area contributed by atoms with Crippen LogP contribution in [0.5, 0.6) is 0 Å². The summed E-state index contributed by atoms with van der Waals surface area (Å²) in [6, 6.07) is 6.14. The molecule has 1 unspecified atom stereocenters. The molecule has 6 nitrogen and oxygen atoms in total. The minimum absolute atomic E-state index is 0.399. The molecule has 1 fully saturated rings. The largest absolute Gasteiger partial charge is 0.357 e. The van der Waals surface area contributed by atoms with Gasteiger partial charge in [0.2, 0.25) is 0 Å². The van der Waals surface area contributed by atoms with Crippen LogP contribution < -0.4 is 9.80 Å². The minimum Gasteiger partial charge on any atom is -0.357 e. The van der Waals surface area contributed by atoms with Crippen molar-refractivity contribution in [1.29, 1.82) is 0 Å². The van der Waals surface area contributed by atoms with E-state index in [4.69, 9.17) is 11.6 Å². The zero-order valence-corrected chi connectivity index (χ0v) is 13.5. The second-order valence-corrected chi connectivity index (χ2v) is 5.94. The zero-order chi connectivity index (χ0) is 15.5. The Labute approximate surface area is 135 Å². The van der Waals surface area contributed by atoms with Crippen molar-refractivity contribution < 1.29 is 0 Å². The van der Waals surface area contributed by atoms with Gasteiger partial charge in [-0.1, -0.05) is 11.6 Å². The third-order valence-electron chi connectivity index (χ3n) is 3.90. The fourth-order valence-corrected chi connectivity index (χ4v) is 3.12. The predicted octanol–water partition coefficient (Wildman–Crippen LogP) is 2.33. The van der Waals surface area contributed by atoms with E-state index in [9.17, 15) is 0 Å². The molecule has 0 N–H and O–H groups in total. The van der Waals surface area contributed by atoms with Crippen LogP contribution in [0.25, 0.3) is 0 Å². The molecule has 7 heteroatoms. The van der Waals surface area contributed by atoms with E-state index < -0.39 is 0 Å². The summed E-state index contributed by atoms with van der Waals surface area (Å²) in [6.45, 7) is 3.73. The van der Waals surface area contributed by atoms with Gasteiger partial charge in [0.15, 0.2) is 5.82 Å². The molecule has 1 aliphatic rings. The highest BCUT2D eigenvalue weighted by Gasteiger charge is 2.27. The lowest BCUT2D eigenvalue weighted by Crippen LogP contribution is -2.39.